The lowest BCUT2D eigenvalue weighted by Crippen LogP contribution is -2.37. The van der Waals surface area contributed by atoms with Crippen molar-refractivity contribution in [1.82, 2.24) is 20.4 Å². The van der Waals surface area contributed by atoms with Gasteiger partial charge in [-0.25, -0.2) is 0 Å². The van der Waals surface area contributed by atoms with Crippen molar-refractivity contribution in [2.24, 2.45) is 18.0 Å². The topological polar surface area (TPSA) is 54.2 Å². The first kappa shape index (κ1) is 16.8. The molecule has 1 saturated carbocycles. The smallest absolute Gasteiger partial charge is 0.191 e. The summed E-state index contributed by atoms with van der Waals surface area (Å²) in [5.74, 6) is 1.85. The molecule has 0 radical (unpaired) electrons. The first-order chi connectivity index (χ1) is 10.6. The maximum Gasteiger partial charge on any atom is 0.191 e. The fourth-order valence-electron chi connectivity index (χ4n) is 3.36. The van der Waals surface area contributed by atoms with Crippen LogP contribution in [0.4, 0.5) is 0 Å². The van der Waals surface area contributed by atoms with Gasteiger partial charge in [-0.15, -0.1) is 0 Å². The highest BCUT2D eigenvalue weighted by molar-refractivity contribution is 5.79. The van der Waals surface area contributed by atoms with Gasteiger partial charge in [0.05, 0.1) is 5.69 Å². The Hall–Kier alpha value is -1.52. The van der Waals surface area contributed by atoms with Gasteiger partial charge in [0.15, 0.2) is 5.96 Å². The van der Waals surface area contributed by atoms with E-state index < -0.39 is 0 Å². The number of rotatable bonds is 6. The molecule has 22 heavy (non-hydrogen) atoms. The van der Waals surface area contributed by atoms with Crippen LogP contribution in [0.25, 0.3) is 0 Å². The van der Waals surface area contributed by atoms with Crippen LogP contribution in [0.2, 0.25) is 0 Å². The molecular weight excluding hydrogens is 274 g/mol. The predicted octanol–water partition coefficient (Wildman–Crippen LogP) is 2.67. The van der Waals surface area contributed by atoms with E-state index in [4.69, 9.17) is 0 Å². The molecule has 5 heteroatoms. The van der Waals surface area contributed by atoms with E-state index in [9.17, 15) is 0 Å². The molecule has 0 amide bonds. The first-order valence-electron chi connectivity index (χ1n) is 8.55. The molecule has 2 rings (SSSR count). The van der Waals surface area contributed by atoms with E-state index in [1.54, 1.807) is 0 Å². The molecule has 0 unspecified atom stereocenters. The summed E-state index contributed by atoms with van der Waals surface area (Å²) in [6.45, 7) is 5.94. The highest BCUT2D eigenvalue weighted by atomic mass is 15.3. The lowest BCUT2D eigenvalue weighted by atomic mass is 10.0. The van der Waals surface area contributed by atoms with Gasteiger partial charge in [-0.2, -0.15) is 5.10 Å². The molecule has 124 valence electrons. The monoisotopic (exact) mass is 305 g/mol. The molecule has 1 heterocycles. The van der Waals surface area contributed by atoms with Gasteiger partial charge in [-0.3, -0.25) is 9.67 Å². The third-order valence-corrected chi connectivity index (χ3v) is 4.87. The molecule has 5 nitrogen and oxygen atoms in total. The second kappa shape index (κ2) is 8.20. The molecule has 1 aliphatic carbocycles. The number of hydrogen-bond donors (Lipinski definition) is 2. The number of guanidine groups is 1. The van der Waals surface area contributed by atoms with E-state index in [1.807, 2.05) is 18.8 Å². The molecule has 0 bridgehead atoms. The van der Waals surface area contributed by atoms with Crippen LogP contribution in [0.1, 0.15) is 55.5 Å². The van der Waals surface area contributed by atoms with Gasteiger partial charge in [0, 0.05) is 38.4 Å². The van der Waals surface area contributed by atoms with E-state index in [0.29, 0.717) is 0 Å². The van der Waals surface area contributed by atoms with Crippen molar-refractivity contribution in [3.8, 4) is 0 Å². The predicted molar refractivity (Wildman–Crippen MR) is 92.1 cm³/mol. The van der Waals surface area contributed by atoms with E-state index >= 15 is 0 Å². The third-order valence-electron chi connectivity index (χ3n) is 4.87. The van der Waals surface area contributed by atoms with E-state index in [-0.39, 0.29) is 0 Å². The molecule has 0 spiro atoms. The van der Waals surface area contributed by atoms with Crippen LogP contribution < -0.4 is 10.6 Å². The minimum Gasteiger partial charge on any atom is -0.356 e. The van der Waals surface area contributed by atoms with Crippen LogP contribution in [0.5, 0.6) is 0 Å². The van der Waals surface area contributed by atoms with Crippen LogP contribution >= 0.6 is 0 Å². The molecule has 0 atom stereocenters. The Kier molecular flexibility index (Phi) is 6.28. The molecule has 1 aromatic heterocycles. The second-order valence-corrected chi connectivity index (χ2v) is 6.42. The number of hydrogen-bond acceptors (Lipinski definition) is 2. The molecule has 1 fully saturated rings. The normalized spacial score (nSPS) is 16.3. The van der Waals surface area contributed by atoms with Gasteiger partial charge < -0.3 is 10.6 Å². The van der Waals surface area contributed by atoms with Crippen molar-refractivity contribution in [2.75, 3.05) is 13.6 Å². The average Bonchev–Trinajstić information content (AvgIpc) is 3.09. The maximum atomic E-state index is 4.45. The van der Waals surface area contributed by atoms with Gasteiger partial charge in [0.1, 0.15) is 0 Å². The zero-order valence-electron chi connectivity index (χ0n) is 14.6. The van der Waals surface area contributed by atoms with Crippen molar-refractivity contribution in [2.45, 2.75) is 58.9 Å². The zero-order chi connectivity index (χ0) is 15.9. The van der Waals surface area contributed by atoms with E-state index in [0.717, 1.165) is 30.7 Å². The van der Waals surface area contributed by atoms with Crippen molar-refractivity contribution in [1.29, 1.82) is 0 Å². The second-order valence-electron chi connectivity index (χ2n) is 6.42. The lowest BCUT2D eigenvalue weighted by Gasteiger charge is -2.13. The number of nitrogens with zero attached hydrogens (tertiary/aromatic N) is 3. The highest BCUT2D eigenvalue weighted by Crippen LogP contribution is 2.28. The summed E-state index contributed by atoms with van der Waals surface area (Å²) >= 11 is 0. The molecule has 0 aromatic carbocycles. The van der Waals surface area contributed by atoms with Crippen LogP contribution in [-0.2, 0) is 13.6 Å². The summed E-state index contributed by atoms with van der Waals surface area (Å²) in [5.41, 5.74) is 3.56. The van der Waals surface area contributed by atoms with Gasteiger partial charge in [0.2, 0.25) is 0 Å². The SMILES string of the molecule is CN=C(NCCCC1CCCC1)NCc1c(C)nn(C)c1C. The standard InChI is InChI=1S/C17H31N5/c1-13-16(14(2)22(4)21-13)12-20-17(18-3)19-11-7-10-15-8-5-6-9-15/h15H,5-12H2,1-4H3,(H2,18,19,20). The maximum absolute atomic E-state index is 4.45. The zero-order valence-corrected chi connectivity index (χ0v) is 14.6. The minimum atomic E-state index is 0.772. The van der Waals surface area contributed by atoms with Crippen LogP contribution in [0, 0.1) is 19.8 Å². The Morgan fingerprint density at radius 2 is 2.00 bits per heavy atom. The number of aromatic nitrogens is 2. The third kappa shape index (κ3) is 4.49. The van der Waals surface area contributed by atoms with Crippen molar-refractivity contribution in [3.63, 3.8) is 0 Å². The summed E-state index contributed by atoms with van der Waals surface area (Å²) in [4.78, 5) is 4.31. The molecule has 1 aliphatic rings. The van der Waals surface area contributed by atoms with Gasteiger partial charge in [0.25, 0.3) is 0 Å². The van der Waals surface area contributed by atoms with Crippen molar-refractivity contribution in [3.05, 3.63) is 17.0 Å². The molecule has 1 aromatic rings. The Bertz CT molecular complexity index is 497. The Balaban J connectivity index is 1.70. The largest absolute Gasteiger partial charge is 0.356 e. The van der Waals surface area contributed by atoms with Crippen molar-refractivity contribution >= 4 is 5.96 Å². The molecule has 0 saturated heterocycles. The quantitative estimate of drug-likeness (QED) is 0.483. The summed E-state index contributed by atoms with van der Waals surface area (Å²) in [5, 5.41) is 11.3. The molecule has 0 aliphatic heterocycles. The van der Waals surface area contributed by atoms with E-state index in [1.165, 1.54) is 49.8 Å². The fraction of sp³-hybridized carbons (Fsp3) is 0.765. The van der Waals surface area contributed by atoms with Gasteiger partial charge in [-0.05, 0) is 32.6 Å². The fourth-order valence-corrected chi connectivity index (χ4v) is 3.36. The van der Waals surface area contributed by atoms with Crippen LogP contribution in [0.15, 0.2) is 4.99 Å². The van der Waals surface area contributed by atoms with Crippen LogP contribution in [-0.4, -0.2) is 29.3 Å². The lowest BCUT2D eigenvalue weighted by molar-refractivity contribution is 0.481. The Morgan fingerprint density at radius 3 is 2.59 bits per heavy atom. The first-order valence-corrected chi connectivity index (χ1v) is 8.55. The van der Waals surface area contributed by atoms with E-state index in [2.05, 4.69) is 34.6 Å². The highest BCUT2D eigenvalue weighted by Gasteiger charge is 2.14. The number of aryl methyl sites for hydroxylation is 2. The summed E-state index contributed by atoms with van der Waals surface area (Å²) in [6.07, 6.45) is 8.33. The van der Waals surface area contributed by atoms with Crippen LogP contribution in [0.3, 0.4) is 0 Å². The van der Waals surface area contributed by atoms with Crippen molar-refractivity contribution < 1.29 is 0 Å². The minimum absolute atomic E-state index is 0.772. The number of nitrogens with one attached hydrogen (secondary N) is 2. The van der Waals surface area contributed by atoms with Gasteiger partial charge in [-0.1, -0.05) is 25.7 Å². The number of aliphatic imine (C=N–C) groups is 1. The summed E-state index contributed by atoms with van der Waals surface area (Å²) < 4.78 is 1.93. The molecule has 2 N–H and O–H groups in total. The summed E-state index contributed by atoms with van der Waals surface area (Å²) in [7, 11) is 3.82. The Morgan fingerprint density at radius 1 is 1.27 bits per heavy atom. The molecular formula is C17H31N5. The Labute approximate surface area is 134 Å². The summed E-state index contributed by atoms with van der Waals surface area (Å²) in [6, 6.07) is 0. The average molecular weight is 305 g/mol. The van der Waals surface area contributed by atoms with Gasteiger partial charge >= 0.3 is 0 Å².